The SMILES string of the molecule is CCC1CN(C)CCCN1c1ccc(C)cc1CO. The lowest BCUT2D eigenvalue weighted by Gasteiger charge is -2.33. The first-order chi connectivity index (χ1) is 9.15. The van der Waals surface area contributed by atoms with Crippen LogP contribution in [0, 0.1) is 6.92 Å². The van der Waals surface area contributed by atoms with E-state index in [2.05, 4.69) is 48.9 Å². The van der Waals surface area contributed by atoms with Gasteiger partial charge in [-0.3, -0.25) is 0 Å². The molecule has 3 heteroatoms. The first-order valence-electron chi connectivity index (χ1n) is 7.31. The van der Waals surface area contributed by atoms with Crippen LogP contribution < -0.4 is 4.90 Å². The van der Waals surface area contributed by atoms with E-state index in [0.29, 0.717) is 6.04 Å². The highest BCUT2D eigenvalue weighted by atomic mass is 16.3. The van der Waals surface area contributed by atoms with Crippen LogP contribution in [0.3, 0.4) is 0 Å². The van der Waals surface area contributed by atoms with Crippen LogP contribution in [0.15, 0.2) is 18.2 Å². The molecule has 0 saturated carbocycles. The molecule has 1 aromatic rings. The first-order valence-corrected chi connectivity index (χ1v) is 7.31. The third-order valence-corrected chi connectivity index (χ3v) is 4.09. The molecular formula is C16H26N2O. The molecule has 0 radical (unpaired) electrons. The Bertz CT molecular complexity index is 419. The number of nitrogens with zero attached hydrogens (tertiary/aromatic N) is 2. The van der Waals surface area contributed by atoms with Crippen molar-refractivity contribution in [2.24, 2.45) is 0 Å². The minimum Gasteiger partial charge on any atom is -0.392 e. The molecule has 1 N–H and O–H groups in total. The van der Waals surface area contributed by atoms with Gasteiger partial charge in [0.25, 0.3) is 0 Å². The van der Waals surface area contributed by atoms with Crippen LogP contribution in [-0.2, 0) is 6.61 Å². The van der Waals surface area contributed by atoms with Crippen molar-refractivity contribution < 1.29 is 5.11 Å². The van der Waals surface area contributed by atoms with E-state index < -0.39 is 0 Å². The average molecular weight is 262 g/mol. The number of hydrogen-bond donors (Lipinski definition) is 1. The molecule has 1 saturated heterocycles. The summed E-state index contributed by atoms with van der Waals surface area (Å²) in [6.07, 6.45) is 2.33. The molecule has 1 unspecified atom stereocenters. The molecule has 3 nitrogen and oxygen atoms in total. The summed E-state index contributed by atoms with van der Waals surface area (Å²) in [5.41, 5.74) is 3.49. The number of rotatable bonds is 3. The van der Waals surface area contributed by atoms with E-state index in [9.17, 15) is 5.11 Å². The monoisotopic (exact) mass is 262 g/mol. The molecular weight excluding hydrogens is 236 g/mol. The van der Waals surface area contributed by atoms with E-state index in [1.807, 2.05) is 0 Å². The molecule has 19 heavy (non-hydrogen) atoms. The first kappa shape index (κ1) is 14.4. The Kier molecular flexibility index (Phi) is 4.83. The maximum Gasteiger partial charge on any atom is 0.0702 e. The zero-order valence-electron chi connectivity index (χ0n) is 12.4. The summed E-state index contributed by atoms with van der Waals surface area (Å²) in [6.45, 7) is 7.81. The Morgan fingerprint density at radius 1 is 1.32 bits per heavy atom. The molecule has 1 aliphatic rings. The third kappa shape index (κ3) is 3.28. The van der Waals surface area contributed by atoms with Crippen LogP contribution in [0.4, 0.5) is 5.69 Å². The lowest BCUT2D eigenvalue weighted by Crippen LogP contribution is -2.40. The second-order valence-electron chi connectivity index (χ2n) is 5.66. The summed E-state index contributed by atoms with van der Waals surface area (Å²) in [5, 5.41) is 9.62. The minimum atomic E-state index is 0.125. The topological polar surface area (TPSA) is 26.7 Å². The van der Waals surface area contributed by atoms with Crippen LogP contribution in [0.25, 0.3) is 0 Å². The van der Waals surface area contributed by atoms with Gasteiger partial charge in [-0.2, -0.15) is 0 Å². The highest BCUT2D eigenvalue weighted by Crippen LogP contribution is 2.27. The predicted molar refractivity (Wildman–Crippen MR) is 80.6 cm³/mol. The third-order valence-electron chi connectivity index (χ3n) is 4.09. The zero-order chi connectivity index (χ0) is 13.8. The smallest absolute Gasteiger partial charge is 0.0702 e. The van der Waals surface area contributed by atoms with E-state index in [1.165, 1.54) is 17.7 Å². The molecule has 1 atom stereocenters. The Balaban J connectivity index is 2.32. The normalized spacial score (nSPS) is 21.5. The number of aliphatic hydroxyl groups is 1. The summed E-state index contributed by atoms with van der Waals surface area (Å²) in [7, 11) is 2.20. The molecule has 2 rings (SSSR count). The van der Waals surface area contributed by atoms with Gasteiger partial charge in [0.2, 0.25) is 0 Å². The Morgan fingerprint density at radius 2 is 2.11 bits per heavy atom. The molecule has 0 aliphatic carbocycles. The van der Waals surface area contributed by atoms with Gasteiger partial charge in [0.05, 0.1) is 6.61 Å². The van der Waals surface area contributed by atoms with Gasteiger partial charge < -0.3 is 14.9 Å². The fraction of sp³-hybridized carbons (Fsp3) is 0.625. The van der Waals surface area contributed by atoms with Gasteiger partial charge in [-0.05, 0) is 39.4 Å². The quantitative estimate of drug-likeness (QED) is 0.906. The van der Waals surface area contributed by atoms with Crippen LogP contribution in [0.5, 0.6) is 0 Å². The number of hydrogen-bond acceptors (Lipinski definition) is 3. The van der Waals surface area contributed by atoms with Crippen molar-refractivity contribution in [1.82, 2.24) is 4.90 Å². The molecule has 1 aliphatic heterocycles. The van der Waals surface area contributed by atoms with Crippen molar-refractivity contribution in [1.29, 1.82) is 0 Å². The van der Waals surface area contributed by atoms with E-state index >= 15 is 0 Å². The highest BCUT2D eigenvalue weighted by Gasteiger charge is 2.23. The van der Waals surface area contributed by atoms with Gasteiger partial charge in [-0.15, -0.1) is 0 Å². The van der Waals surface area contributed by atoms with Crippen molar-refractivity contribution in [3.63, 3.8) is 0 Å². The summed E-state index contributed by atoms with van der Waals surface area (Å²) >= 11 is 0. The van der Waals surface area contributed by atoms with Gasteiger partial charge in [0.1, 0.15) is 0 Å². The minimum absolute atomic E-state index is 0.125. The lowest BCUT2D eigenvalue weighted by atomic mass is 10.1. The molecule has 1 heterocycles. The number of benzene rings is 1. The van der Waals surface area contributed by atoms with E-state index in [0.717, 1.165) is 31.6 Å². The average Bonchev–Trinajstić information content (AvgIpc) is 2.60. The van der Waals surface area contributed by atoms with Gasteiger partial charge >= 0.3 is 0 Å². The van der Waals surface area contributed by atoms with Crippen LogP contribution in [0.2, 0.25) is 0 Å². The molecule has 1 aromatic carbocycles. The molecule has 0 amide bonds. The second kappa shape index (κ2) is 6.40. The van der Waals surface area contributed by atoms with E-state index in [4.69, 9.17) is 0 Å². The van der Waals surface area contributed by atoms with Crippen molar-refractivity contribution >= 4 is 5.69 Å². The second-order valence-corrected chi connectivity index (χ2v) is 5.66. The maximum atomic E-state index is 9.62. The van der Waals surface area contributed by atoms with Crippen molar-refractivity contribution in [3.8, 4) is 0 Å². The van der Waals surface area contributed by atoms with Crippen LogP contribution >= 0.6 is 0 Å². The van der Waals surface area contributed by atoms with Crippen LogP contribution in [-0.4, -0.2) is 42.7 Å². The van der Waals surface area contributed by atoms with E-state index in [1.54, 1.807) is 0 Å². The Morgan fingerprint density at radius 3 is 2.79 bits per heavy atom. The summed E-state index contributed by atoms with van der Waals surface area (Å²) in [6, 6.07) is 6.97. The fourth-order valence-corrected chi connectivity index (χ4v) is 3.03. The number of anilines is 1. The molecule has 0 aromatic heterocycles. The van der Waals surface area contributed by atoms with E-state index in [-0.39, 0.29) is 6.61 Å². The largest absolute Gasteiger partial charge is 0.392 e. The van der Waals surface area contributed by atoms with Gasteiger partial charge in [0, 0.05) is 30.4 Å². The summed E-state index contributed by atoms with van der Waals surface area (Å²) in [4.78, 5) is 4.91. The van der Waals surface area contributed by atoms with Crippen molar-refractivity contribution in [2.45, 2.75) is 39.3 Å². The molecule has 106 valence electrons. The van der Waals surface area contributed by atoms with Crippen molar-refractivity contribution in [2.75, 3.05) is 31.6 Å². The fourth-order valence-electron chi connectivity index (χ4n) is 3.03. The Hall–Kier alpha value is -1.06. The molecule has 1 fully saturated rings. The lowest BCUT2D eigenvalue weighted by molar-refractivity contribution is 0.281. The zero-order valence-corrected chi connectivity index (χ0v) is 12.4. The standard InChI is InChI=1S/C16H26N2O/c1-4-15-11-17(3)8-5-9-18(15)16-7-6-13(2)10-14(16)12-19/h6-7,10,15,19H,4-5,8-9,11-12H2,1-3H3. The number of aryl methyl sites for hydroxylation is 1. The van der Waals surface area contributed by atoms with Crippen molar-refractivity contribution in [3.05, 3.63) is 29.3 Å². The van der Waals surface area contributed by atoms with Gasteiger partial charge in [-0.1, -0.05) is 24.6 Å². The molecule has 0 spiro atoms. The van der Waals surface area contributed by atoms with Gasteiger partial charge in [-0.25, -0.2) is 0 Å². The summed E-state index contributed by atoms with van der Waals surface area (Å²) < 4.78 is 0. The number of likely N-dealkylation sites (N-methyl/N-ethyl adjacent to an activating group) is 1. The number of aliphatic hydroxyl groups excluding tert-OH is 1. The Labute approximate surface area is 116 Å². The highest BCUT2D eigenvalue weighted by molar-refractivity contribution is 5.55. The summed E-state index contributed by atoms with van der Waals surface area (Å²) in [5.74, 6) is 0. The van der Waals surface area contributed by atoms with Gasteiger partial charge in [0.15, 0.2) is 0 Å². The maximum absolute atomic E-state index is 9.62. The van der Waals surface area contributed by atoms with Crippen LogP contribution in [0.1, 0.15) is 30.9 Å². The molecule has 0 bridgehead atoms. The predicted octanol–water partition coefficient (Wildman–Crippen LogP) is 2.41.